The molecule has 0 heterocycles. The van der Waals surface area contributed by atoms with E-state index in [1.165, 1.54) is 0 Å². The van der Waals surface area contributed by atoms with Crippen molar-refractivity contribution >= 4 is 23.7 Å². The highest BCUT2D eigenvalue weighted by atomic mass is 32.2. The molecule has 1 atom stereocenters. The van der Waals surface area contributed by atoms with Gasteiger partial charge in [-0.15, -0.1) is 0 Å². The van der Waals surface area contributed by atoms with Gasteiger partial charge in [-0.2, -0.15) is 11.8 Å². The summed E-state index contributed by atoms with van der Waals surface area (Å²) in [7, 11) is 0. The van der Waals surface area contributed by atoms with Crippen LogP contribution in [0.2, 0.25) is 0 Å². The largest absolute Gasteiger partial charge is 0.480 e. The van der Waals surface area contributed by atoms with Crippen LogP contribution in [0.5, 0.6) is 0 Å². The van der Waals surface area contributed by atoms with E-state index in [1.54, 1.807) is 0 Å². The highest BCUT2D eigenvalue weighted by Gasteiger charge is 2.12. The van der Waals surface area contributed by atoms with Gasteiger partial charge in [0, 0.05) is 17.1 Å². The van der Waals surface area contributed by atoms with Crippen molar-refractivity contribution in [3.8, 4) is 0 Å². The maximum absolute atomic E-state index is 10.2. The van der Waals surface area contributed by atoms with Crippen molar-refractivity contribution in [2.45, 2.75) is 6.04 Å². The molecule has 74 valence electrons. The summed E-state index contributed by atoms with van der Waals surface area (Å²) >= 11 is 1.14. The highest BCUT2D eigenvalue weighted by molar-refractivity contribution is 7.99. The molecule has 6 heteroatoms. The number of carboxylic acids is 2. The normalized spacial score (nSPS) is 12.1. The standard InChI is InChI=1S/C7H11NO4S/c1-4(6(9)10)2-13-3-5(8)7(11)12/h5H,1-3,8H2,(H,9,10)(H,11,12). The van der Waals surface area contributed by atoms with Crippen LogP contribution in [0, 0.1) is 0 Å². The van der Waals surface area contributed by atoms with Gasteiger partial charge < -0.3 is 15.9 Å². The zero-order chi connectivity index (χ0) is 10.4. The minimum atomic E-state index is -1.09. The van der Waals surface area contributed by atoms with Gasteiger partial charge in [-0.25, -0.2) is 4.79 Å². The maximum Gasteiger partial charge on any atom is 0.331 e. The third-order valence-corrected chi connectivity index (χ3v) is 2.34. The summed E-state index contributed by atoms with van der Waals surface area (Å²) in [6, 6.07) is -0.952. The lowest BCUT2D eigenvalue weighted by molar-refractivity contribution is -0.138. The smallest absolute Gasteiger partial charge is 0.331 e. The highest BCUT2D eigenvalue weighted by Crippen LogP contribution is 2.07. The van der Waals surface area contributed by atoms with Crippen LogP contribution < -0.4 is 5.73 Å². The molecule has 0 radical (unpaired) electrons. The van der Waals surface area contributed by atoms with E-state index in [0.29, 0.717) is 0 Å². The zero-order valence-corrected chi connectivity index (χ0v) is 7.71. The molecule has 0 saturated heterocycles. The molecule has 0 aliphatic carbocycles. The molecule has 4 N–H and O–H groups in total. The molecule has 0 fully saturated rings. The van der Waals surface area contributed by atoms with E-state index < -0.39 is 18.0 Å². The van der Waals surface area contributed by atoms with Crippen molar-refractivity contribution in [3.63, 3.8) is 0 Å². The Bertz CT molecular complexity index is 229. The Morgan fingerprint density at radius 2 is 2.00 bits per heavy atom. The fraction of sp³-hybridized carbons (Fsp3) is 0.429. The average Bonchev–Trinajstić information content (AvgIpc) is 2.03. The van der Waals surface area contributed by atoms with Gasteiger partial charge in [0.1, 0.15) is 6.04 Å². The second kappa shape index (κ2) is 5.60. The van der Waals surface area contributed by atoms with Crippen molar-refractivity contribution in [2.75, 3.05) is 11.5 Å². The molecule has 0 bridgehead atoms. The minimum absolute atomic E-state index is 0.0441. The molecule has 0 spiro atoms. The Morgan fingerprint density at radius 1 is 1.46 bits per heavy atom. The van der Waals surface area contributed by atoms with Crippen LogP contribution in [0.4, 0.5) is 0 Å². The number of carboxylic acid groups (broad SMARTS) is 2. The Hall–Kier alpha value is -1.01. The van der Waals surface area contributed by atoms with Gasteiger partial charge in [0.05, 0.1) is 0 Å². The van der Waals surface area contributed by atoms with Crippen molar-refractivity contribution in [1.82, 2.24) is 0 Å². The predicted molar refractivity (Wildman–Crippen MR) is 49.7 cm³/mol. The van der Waals surface area contributed by atoms with E-state index in [2.05, 4.69) is 6.58 Å². The summed E-state index contributed by atoms with van der Waals surface area (Å²) in [4.78, 5) is 20.5. The van der Waals surface area contributed by atoms with Crippen LogP contribution in [0.25, 0.3) is 0 Å². The molecule has 5 nitrogen and oxygen atoms in total. The first-order chi connectivity index (χ1) is 5.95. The second-order valence-corrected chi connectivity index (χ2v) is 3.40. The Balaban J connectivity index is 3.62. The van der Waals surface area contributed by atoms with Crippen molar-refractivity contribution in [2.24, 2.45) is 5.73 Å². The molecule has 1 unspecified atom stereocenters. The Labute approximate surface area is 79.6 Å². The van der Waals surface area contributed by atoms with E-state index in [0.717, 1.165) is 11.8 Å². The topological polar surface area (TPSA) is 101 Å². The van der Waals surface area contributed by atoms with Gasteiger partial charge in [-0.1, -0.05) is 6.58 Å². The number of nitrogens with two attached hydrogens (primary N) is 1. The first-order valence-electron chi connectivity index (χ1n) is 3.42. The second-order valence-electron chi connectivity index (χ2n) is 2.37. The molecule has 0 aromatic carbocycles. The number of carbonyl (C=O) groups is 2. The van der Waals surface area contributed by atoms with Crippen LogP contribution in [0.3, 0.4) is 0 Å². The molecule has 0 aliphatic heterocycles. The van der Waals surface area contributed by atoms with Crippen LogP contribution >= 0.6 is 11.8 Å². The van der Waals surface area contributed by atoms with E-state index in [1.807, 2.05) is 0 Å². The predicted octanol–water partition coefficient (Wildman–Crippen LogP) is -0.228. The number of thioether (sulfide) groups is 1. The van der Waals surface area contributed by atoms with Crippen LogP contribution in [0.15, 0.2) is 12.2 Å². The summed E-state index contributed by atoms with van der Waals surface area (Å²) in [6.45, 7) is 3.29. The fourth-order valence-electron chi connectivity index (χ4n) is 0.442. The Morgan fingerprint density at radius 3 is 2.38 bits per heavy atom. The van der Waals surface area contributed by atoms with Crippen LogP contribution in [0.1, 0.15) is 0 Å². The minimum Gasteiger partial charge on any atom is -0.480 e. The monoisotopic (exact) mass is 205 g/mol. The molecule has 0 aromatic rings. The summed E-state index contributed by atoms with van der Waals surface area (Å²) < 4.78 is 0. The number of rotatable bonds is 6. The van der Waals surface area contributed by atoms with Crippen molar-refractivity contribution in [1.29, 1.82) is 0 Å². The summed E-state index contributed by atoms with van der Waals surface area (Å²) in [5.74, 6) is -1.79. The van der Waals surface area contributed by atoms with Gasteiger partial charge in [0.15, 0.2) is 0 Å². The first kappa shape index (κ1) is 12.0. The van der Waals surface area contributed by atoms with Crippen LogP contribution in [-0.2, 0) is 9.59 Å². The lowest BCUT2D eigenvalue weighted by atomic mass is 10.4. The van der Waals surface area contributed by atoms with Gasteiger partial charge in [-0.05, 0) is 0 Å². The molecule has 0 saturated carbocycles. The number of aliphatic carboxylic acids is 2. The zero-order valence-electron chi connectivity index (χ0n) is 6.90. The number of hydrogen-bond donors (Lipinski definition) is 3. The Kier molecular flexibility index (Phi) is 5.17. The summed E-state index contributed by atoms with van der Waals surface area (Å²) in [5.41, 5.74) is 5.23. The molecular formula is C7H11NO4S. The quantitative estimate of drug-likeness (QED) is 0.518. The molecule has 0 amide bonds. The number of hydrogen-bond acceptors (Lipinski definition) is 4. The van der Waals surface area contributed by atoms with E-state index in [4.69, 9.17) is 15.9 Å². The molecule has 0 aromatic heterocycles. The molecule has 0 aliphatic rings. The molecular weight excluding hydrogens is 194 g/mol. The van der Waals surface area contributed by atoms with E-state index in [-0.39, 0.29) is 17.1 Å². The first-order valence-corrected chi connectivity index (χ1v) is 4.57. The van der Waals surface area contributed by atoms with Crippen LogP contribution in [-0.4, -0.2) is 39.7 Å². The van der Waals surface area contributed by atoms with E-state index in [9.17, 15) is 9.59 Å². The van der Waals surface area contributed by atoms with Crippen molar-refractivity contribution in [3.05, 3.63) is 12.2 Å². The SMILES string of the molecule is C=C(CSCC(N)C(=O)O)C(=O)O. The summed E-state index contributed by atoms with van der Waals surface area (Å²) in [5, 5.41) is 16.8. The van der Waals surface area contributed by atoms with Crippen molar-refractivity contribution < 1.29 is 19.8 Å². The van der Waals surface area contributed by atoms with Gasteiger partial charge in [0.2, 0.25) is 0 Å². The third-order valence-electron chi connectivity index (χ3n) is 1.19. The average molecular weight is 205 g/mol. The molecule has 0 rings (SSSR count). The summed E-state index contributed by atoms with van der Waals surface area (Å²) in [6.07, 6.45) is 0. The fourth-order valence-corrected chi connectivity index (χ4v) is 1.33. The molecule has 13 heavy (non-hydrogen) atoms. The maximum atomic E-state index is 10.2. The lowest BCUT2D eigenvalue weighted by Crippen LogP contribution is -2.32. The van der Waals surface area contributed by atoms with Gasteiger partial charge in [0.25, 0.3) is 0 Å². The third kappa shape index (κ3) is 5.26. The van der Waals surface area contributed by atoms with E-state index >= 15 is 0 Å². The van der Waals surface area contributed by atoms with Gasteiger partial charge >= 0.3 is 11.9 Å². The van der Waals surface area contributed by atoms with Gasteiger partial charge in [-0.3, -0.25) is 4.79 Å². The lowest BCUT2D eigenvalue weighted by Gasteiger charge is -2.05.